The van der Waals surface area contributed by atoms with Gasteiger partial charge in [-0.15, -0.1) is 0 Å². The molecule has 2 heterocycles. The number of hydrogen-bond donors (Lipinski definition) is 1. The van der Waals surface area contributed by atoms with E-state index in [4.69, 9.17) is 4.74 Å². The summed E-state index contributed by atoms with van der Waals surface area (Å²) < 4.78 is 35.7. The Bertz CT molecular complexity index is 1780. The van der Waals surface area contributed by atoms with Gasteiger partial charge in [-0.2, -0.15) is 0 Å². The van der Waals surface area contributed by atoms with Gasteiger partial charge in [0.1, 0.15) is 5.75 Å². The molecule has 0 bridgehead atoms. The van der Waals surface area contributed by atoms with E-state index in [0.29, 0.717) is 24.4 Å². The van der Waals surface area contributed by atoms with Crippen LogP contribution in [0.15, 0.2) is 95.9 Å². The lowest BCUT2D eigenvalue weighted by Crippen LogP contribution is -2.29. The van der Waals surface area contributed by atoms with E-state index in [1.54, 1.807) is 12.1 Å². The monoisotopic (exact) mass is 525 g/mol. The van der Waals surface area contributed by atoms with Gasteiger partial charge in [0.15, 0.2) is 6.61 Å². The summed E-state index contributed by atoms with van der Waals surface area (Å²) in [4.78, 5) is 12.8. The van der Waals surface area contributed by atoms with Crippen molar-refractivity contribution >= 4 is 49.1 Å². The number of aromatic nitrogens is 1. The Morgan fingerprint density at radius 2 is 1.63 bits per heavy atom. The summed E-state index contributed by atoms with van der Waals surface area (Å²) in [7, 11) is -3.68. The highest BCUT2D eigenvalue weighted by Gasteiger charge is 2.30. The first-order valence-corrected chi connectivity index (χ1v) is 14.0. The maximum Gasteiger partial charge on any atom is 0.264 e. The number of ether oxygens (including phenoxy) is 1. The molecule has 192 valence electrons. The van der Waals surface area contributed by atoms with Crippen LogP contribution in [0.4, 0.5) is 11.4 Å². The van der Waals surface area contributed by atoms with E-state index in [1.807, 2.05) is 54.6 Å². The van der Waals surface area contributed by atoms with E-state index in [-0.39, 0.29) is 17.4 Å². The number of carbonyl (C=O) groups is 1. The van der Waals surface area contributed by atoms with E-state index in [0.717, 1.165) is 39.6 Å². The highest BCUT2D eigenvalue weighted by molar-refractivity contribution is 7.92. The highest BCUT2D eigenvalue weighted by Crippen LogP contribution is 2.33. The van der Waals surface area contributed by atoms with Crippen molar-refractivity contribution in [1.82, 2.24) is 4.57 Å². The van der Waals surface area contributed by atoms with E-state index in [1.165, 1.54) is 16.4 Å². The Balaban J connectivity index is 1.13. The minimum absolute atomic E-state index is 0.186. The average Bonchev–Trinajstić information content (AvgIpc) is 3.52. The number of anilines is 2. The molecule has 0 fully saturated rings. The number of nitrogens with zero attached hydrogens (tertiary/aromatic N) is 2. The molecular weight excluding hydrogens is 498 g/mol. The van der Waals surface area contributed by atoms with Crippen LogP contribution in [-0.2, 0) is 27.8 Å². The first-order valence-electron chi connectivity index (χ1n) is 12.6. The molecule has 1 amide bonds. The second-order valence-corrected chi connectivity index (χ2v) is 11.1. The second kappa shape index (κ2) is 9.54. The van der Waals surface area contributed by atoms with Crippen molar-refractivity contribution in [3.05, 3.63) is 96.6 Å². The zero-order chi connectivity index (χ0) is 26.3. The lowest BCUT2D eigenvalue weighted by molar-refractivity contribution is -0.118. The normalized spacial score (nSPS) is 13.1. The molecule has 5 aromatic rings. The number of para-hydroxylation sites is 2. The largest absolute Gasteiger partial charge is 0.484 e. The third-order valence-electron chi connectivity index (χ3n) is 7.00. The minimum atomic E-state index is -3.68. The lowest BCUT2D eigenvalue weighted by Gasteiger charge is -2.19. The molecule has 38 heavy (non-hydrogen) atoms. The number of benzene rings is 4. The highest BCUT2D eigenvalue weighted by atomic mass is 32.2. The molecule has 0 spiro atoms. The van der Waals surface area contributed by atoms with Crippen molar-refractivity contribution in [2.45, 2.75) is 24.8 Å². The Morgan fingerprint density at radius 3 is 2.45 bits per heavy atom. The number of fused-ring (bicyclic) bond motifs is 4. The Kier molecular flexibility index (Phi) is 6.04. The lowest BCUT2D eigenvalue weighted by atomic mass is 10.1. The maximum absolute atomic E-state index is 13.2. The Morgan fingerprint density at radius 1 is 0.895 bits per heavy atom. The van der Waals surface area contributed by atoms with Crippen molar-refractivity contribution in [2.75, 3.05) is 22.8 Å². The van der Waals surface area contributed by atoms with Crippen LogP contribution < -0.4 is 14.4 Å². The summed E-state index contributed by atoms with van der Waals surface area (Å²) in [6.07, 6.45) is 0.694. The zero-order valence-electron chi connectivity index (χ0n) is 20.9. The summed E-state index contributed by atoms with van der Waals surface area (Å²) >= 11 is 0. The number of nitrogens with one attached hydrogen (secondary N) is 1. The van der Waals surface area contributed by atoms with E-state index in [9.17, 15) is 13.2 Å². The maximum atomic E-state index is 13.2. The molecule has 0 saturated carbocycles. The number of hydrogen-bond acceptors (Lipinski definition) is 4. The van der Waals surface area contributed by atoms with E-state index >= 15 is 0 Å². The molecule has 1 aromatic heterocycles. The SMILES string of the molecule is CCn1c2ccccc2c2cc(NC(=O)COc3ccc(S(=O)(=O)N4CCc5ccccc54)cc3)ccc21. The van der Waals surface area contributed by atoms with Gasteiger partial charge in [-0.3, -0.25) is 9.10 Å². The molecule has 4 aromatic carbocycles. The molecular formula is C30H27N3O4S. The molecule has 6 rings (SSSR count). The number of rotatable bonds is 7. The summed E-state index contributed by atoms with van der Waals surface area (Å²) in [6, 6.07) is 27.9. The first-order chi connectivity index (χ1) is 18.5. The van der Waals surface area contributed by atoms with Crippen molar-refractivity contribution in [2.24, 2.45) is 0 Å². The van der Waals surface area contributed by atoms with Crippen molar-refractivity contribution in [1.29, 1.82) is 0 Å². The van der Waals surface area contributed by atoms with Crippen LogP contribution in [0.3, 0.4) is 0 Å². The molecule has 0 radical (unpaired) electrons. The first kappa shape index (κ1) is 24.1. The molecule has 7 nitrogen and oxygen atoms in total. The van der Waals surface area contributed by atoms with Crippen LogP contribution in [0.5, 0.6) is 5.75 Å². The molecule has 1 aliphatic heterocycles. The Labute approximate surface area is 221 Å². The van der Waals surface area contributed by atoms with Crippen molar-refractivity contribution < 1.29 is 17.9 Å². The summed E-state index contributed by atoms with van der Waals surface area (Å²) in [6.45, 7) is 3.20. The van der Waals surface area contributed by atoms with Crippen LogP contribution in [0, 0.1) is 0 Å². The van der Waals surface area contributed by atoms with Crippen LogP contribution in [-0.4, -0.2) is 32.0 Å². The fraction of sp³-hybridized carbons (Fsp3) is 0.167. The molecule has 0 aliphatic carbocycles. The van der Waals surface area contributed by atoms with Crippen molar-refractivity contribution in [3.8, 4) is 5.75 Å². The quantitative estimate of drug-likeness (QED) is 0.301. The van der Waals surface area contributed by atoms with Gasteiger partial charge in [0, 0.05) is 40.6 Å². The van der Waals surface area contributed by atoms with Crippen molar-refractivity contribution in [3.63, 3.8) is 0 Å². The predicted molar refractivity (Wildman–Crippen MR) is 150 cm³/mol. The molecule has 0 saturated heterocycles. The fourth-order valence-corrected chi connectivity index (χ4v) is 6.71. The van der Waals surface area contributed by atoms with Gasteiger partial charge in [0.05, 0.1) is 10.6 Å². The Hall–Kier alpha value is -4.30. The average molecular weight is 526 g/mol. The number of carbonyl (C=O) groups excluding carboxylic acids is 1. The minimum Gasteiger partial charge on any atom is -0.484 e. The van der Waals surface area contributed by atoms with Gasteiger partial charge in [-0.25, -0.2) is 8.42 Å². The third kappa shape index (κ3) is 4.16. The number of amides is 1. The predicted octanol–water partition coefficient (Wildman–Crippen LogP) is 5.58. The fourth-order valence-electron chi connectivity index (χ4n) is 5.21. The summed E-state index contributed by atoms with van der Waals surface area (Å²) in [5.74, 6) is 0.122. The van der Waals surface area contributed by atoms with Gasteiger partial charge < -0.3 is 14.6 Å². The third-order valence-corrected chi connectivity index (χ3v) is 8.83. The second-order valence-electron chi connectivity index (χ2n) is 9.26. The van der Waals surface area contributed by atoms with Crippen LogP contribution in [0.25, 0.3) is 21.8 Å². The molecule has 1 aliphatic rings. The van der Waals surface area contributed by atoms with E-state index in [2.05, 4.69) is 28.9 Å². The molecule has 8 heteroatoms. The zero-order valence-corrected chi connectivity index (χ0v) is 21.7. The topological polar surface area (TPSA) is 80.6 Å². The van der Waals surface area contributed by atoms with Gasteiger partial charge in [0.2, 0.25) is 0 Å². The van der Waals surface area contributed by atoms with Gasteiger partial charge in [-0.05, 0) is 73.5 Å². The van der Waals surface area contributed by atoms with Gasteiger partial charge in [0.25, 0.3) is 15.9 Å². The van der Waals surface area contributed by atoms with Gasteiger partial charge >= 0.3 is 0 Å². The molecule has 0 atom stereocenters. The van der Waals surface area contributed by atoms with Crippen LogP contribution in [0.2, 0.25) is 0 Å². The smallest absolute Gasteiger partial charge is 0.264 e. The standard InChI is InChI=1S/C30H27N3O4S/c1-2-32-28-10-6-4-8-25(28)26-19-22(11-16-29(26)32)31-30(34)20-37-23-12-14-24(15-13-23)38(35,36)33-18-17-21-7-3-5-9-27(21)33/h3-16,19H,2,17-18,20H2,1H3,(H,31,34). The molecule has 0 unspecified atom stereocenters. The number of aryl methyl sites for hydroxylation is 1. The summed E-state index contributed by atoms with van der Waals surface area (Å²) in [5, 5.41) is 5.13. The summed E-state index contributed by atoms with van der Waals surface area (Å²) in [5.41, 5.74) is 4.73. The van der Waals surface area contributed by atoms with Crippen LogP contribution in [0.1, 0.15) is 12.5 Å². The number of sulfonamides is 1. The van der Waals surface area contributed by atoms with Crippen LogP contribution >= 0.6 is 0 Å². The molecule has 1 N–H and O–H groups in total. The van der Waals surface area contributed by atoms with E-state index < -0.39 is 10.0 Å². The van der Waals surface area contributed by atoms with Gasteiger partial charge in [-0.1, -0.05) is 36.4 Å².